The molecule has 12 heavy (non-hydrogen) atoms. The summed E-state index contributed by atoms with van der Waals surface area (Å²) >= 11 is 0. The van der Waals surface area contributed by atoms with Gasteiger partial charge in [0.15, 0.2) is 0 Å². The van der Waals surface area contributed by atoms with Gasteiger partial charge in [-0.3, -0.25) is 4.79 Å². The van der Waals surface area contributed by atoms with Crippen LogP contribution < -0.4 is 0 Å². The number of rotatable bonds is 3. The van der Waals surface area contributed by atoms with E-state index < -0.39 is 24.2 Å². The standard InChI is InChI=1S/C8H12F2O2/c9-6(10)5-8(7(11)12)3-1-2-4-8/h6H,1-5H2,(H,11,12). The van der Waals surface area contributed by atoms with Gasteiger partial charge < -0.3 is 5.11 Å². The molecule has 70 valence electrons. The lowest BCUT2D eigenvalue weighted by Gasteiger charge is -2.22. The molecule has 4 heteroatoms. The number of halogens is 2. The van der Waals surface area contributed by atoms with Crippen molar-refractivity contribution in [3.05, 3.63) is 0 Å². The molecule has 0 spiro atoms. The van der Waals surface area contributed by atoms with Gasteiger partial charge in [0.05, 0.1) is 5.41 Å². The third-order valence-corrected chi connectivity index (χ3v) is 2.56. The molecule has 0 radical (unpaired) electrons. The molecule has 0 atom stereocenters. The van der Waals surface area contributed by atoms with Crippen LogP contribution in [0.2, 0.25) is 0 Å². The van der Waals surface area contributed by atoms with E-state index in [9.17, 15) is 13.6 Å². The quantitative estimate of drug-likeness (QED) is 0.719. The molecule has 0 bridgehead atoms. The van der Waals surface area contributed by atoms with Crippen LogP contribution >= 0.6 is 0 Å². The Balaban J connectivity index is 2.65. The molecule has 1 saturated carbocycles. The fourth-order valence-electron chi connectivity index (χ4n) is 1.85. The summed E-state index contributed by atoms with van der Waals surface area (Å²) in [5, 5.41) is 8.78. The number of hydrogen-bond acceptors (Lipinski definition) is 1. The van der Waals surface area contributed by atoms with Crippen LogP contribution in [0, 0.1) is 5.41 Å². The van der Waals surface area contributed by atoms with Gasteiger partial charge in [0.2, 0.25) is 6.43 Å². The van der Waals surface area contributed by atoms with Crippen LogP contribution in [0.5, 0.6) is 0 Å². The number of aliphatic carboxylic acids is 1. The summed E-state index contributed by atoms with van der Waals surface area (Å²) in [6, 6.07) is 0. The van der Waals surface area contributed by atoms with Crippen LogP contribution in [0.15, 0.2) is 0 Å². The van der Waals surface area contributed by atoms with Crippen molar-refractivity contribution in [2.24, 2.45) is 5.41 Å². The average Bonchev–Trinajstić information content (AvgIpc) is 2.35. The number of carboxylic acid groups (broad SMARTS) is 1. The first-order chi connectivity index (χ1) is 5.57. The highest BCUT2D eigenvalue weighted by Crippen LogP contribution is 2.42. The van der Waals surface area contributed by atoms with Crippen molar-refractivity contribution in [1.82, 2.24) is 0 Å². The van der Waals surface area contributed by atoms with E-state index >= 15 is 0 Å². The maximum absolute atomic E-state index is 12.0. The minimum Gasteiger partial charge on any atom is -0.481 e. The molecule has 0 aromatic rings. The van der Waals surface area contributed by atoms with Gasteiger partial charge in [0, 0.05) is 6.42 Å². The molecule has 1 fully saturated rings. The second-order valence-corrected chi connectivity index (χ2v) is 3.39. The molecule has 0 unspecified atom stereocenters. The fraction of sp³-hybridized carbons (Fsp3) is 0.875. The summed E-state index contributed by atoms with van der Waals surface area (Å²) in [6.45, 7) is 0. The van der Waals surface area contributed by atoms with Gasteiger partial charge in [-0.25, -0.2) is 8.78 Å². The predicted octanol–water partition coefficient (Wildman–Crippen LogP) is 2.29. The first-order valence-corrected chi connectivity index (χ1v) is 4.08. The lowest BCUT2D eigenvalue weighted by molar-refractivity contribution is -0.151. The van der Waals surface area contributed by atoms with E-state index in [4.69, 9.17) is 5.11 Å². The van der Waals surface area contributed by atoms with Crippen LogP contribution in [-0.4, -0.2) is 17.5 Å². The molecule has 1 aliphatic rings. The van der Waals surface area contributed by atoms with Crippen LogP contribution in [0.3, 0.4) is 0 Å². The van der Waals surface area contributed by atoms with Gasteiger partial charge in [-0.1, -0.05) is 12.8 Å². The predicted molar refractivity (Wildman–Crippen MR) is 39.2 cm³/mol. The normalized spacial score (nSPS) is 21.6. The smallest absolute Gasteiger partial charge is 0.309 e. The summed E-state index contributed by atoms with van der Waals surface area (Å²) in [5.41, 5.74) is -1.12. The van der Waals surface area contributed by atoms with Crippen LogP contribution in [-0.2, 0) is 4.79 Å². The van der Waals surface area contributed by atoms with Gasteiger partial charge in [-0.05, 0) is 12.8 Å². The first-order valence-electron chi connectivity index (χ1n) is 4.08. The minimum absolute atomic E-state index is 0.409. The molecule has 0 heterocycles. The summed E-state index contributed by atoms with van der Waals surface area (Å²) in [5.74, 6) is -1.06. The average molecular weight is 178 g/mol. The van der Waals surface area contributed by atoms with E-state index in [1.807, 2.05) is 0 Å². The number of hydrogen-bond donors (Lipinski definition) is 1. The fourth-order valence-corrected chi connectivity index (χ4v) is 1.85. The van der Waals surface area contributed by atoms with Gasteiger partial charge in [-0.2, -0.15) is 0 Å². The maximum atomic E-state index is 12.0. The second-order valence-electron chi connectivity index (χ2n) is 3.39. The van der Waals surface area contributed by atoms with Crippen molar-refractivity contribution in [2.75, 3.05) is 0 Å². The van der Waals surface area contributed by atoms with E-state index in [2.05, 4.69) is 0 Å². The lowest BCUT2D eigenvalue weighted by atomic mass is 9.83. The molecular formula is C8H12F2O2. The van der Waals surface area contributed by atoms with Gasteiger partial charge in [-0.15, -0.1) is 0 Å². The molecule has 1 N–H and O–H groups in total. The van der Waals surface area contributed by atoms with Gasteiger partial charge in [0.1, 0.15) is 0 Å². The number of carboxylic acids is 1. The van der Waals surface area contributed by atoms with Crippen LogP contribution in [0.25, 0.3) is 0 Å². The maximum Gasteiger partial charge on any atom is 0.309 e. The topological polar surface area (TPSA) is 37.3 Å². The molecule has 1 rings (SSSR count). The zero-order chi connectivity index (χ0) is 9.19. The molecule has 0 aromatic heterocycles. The van der Waals surface area contributed by atoms with Crippen LogP contribution in [0.1, 0.15) is 32.1 Å². The van der Waals surface area contributed by atoms with E-state index in [0.29, 0.717) is 12.8 Å². The third kappa shape index (κ3) is 1.73. The van der Waals surface area contributed by atoms with Gasteiger partial charge in [0.25, 0.3) is 0 Å². The van der Waals surface area contributed by atoms with E-state index in [0.717, 1.165) is 12.8 Å². The summed E-state index contributed by atoms with van der Waals surface area (Å²) < 4.78 is 24.1. The Morgan fingerprint density at radius 2 is 1.92 bits per heavy atom. The van der Waals surface area contributed by atoms with Crippen LogP contribution in [0.4, 0.5) is 8.78 Å². The number of alkyl halides is 2. The summed E-state index contributed by atoms with van der Waals surface area (Å²) in [7, 11) is 0. The van der Waals surface area contributed by atoms with E-state index in [1.165, 1.54) is 0 Å². The minimum atomic E-state index is -2.50. The molecular weight excluding hydrogens is 166 g/mol. The zero-order valence-corrected chi connectivity index (χ0v) is 6.72. The molecule has 0 aromatic carbocycles. The Hall–Kier alpha value is -0.670. The third-order valence-electron chi connectivity index (χ3n) is 2.56. The van der Waals surface area contributed by atoms with Crippen molar-refractivity contribution in [2.45, 2.75) is 38.5 Å². The van der Waals surface area contributed by atoms with Crippen molar-refractivity contribution >= 4 is 5.97 Å². The monoisotopic (exact) mass is 178 g/mol. The van der Waals surface area contributed by atoms with Crippen molar-refractivity contribution < 1.29 is 18.7 Å². The highest BCUT2D eigenvalue weighted by molar-refractivity contribution is 5.75. The Kier molecular flexibility index (Phi) is 2.65. The highest BCUT2D eigenvalue weighted by atomic mass is 19.3. The Labute approximate surface area is 69.6 Å². The Morgan fingerprint density at radius 1 is 1.42 bits per heavy atom. The molecule has 0 aliphatic heterocycles. The number of carbonyl (C=O) groups is 1. The Bertz CT molecular complexity index is 174. The van der Waals surface area contributed by atoms with Gasteiger partial charge >= 0.3 is 5.97 Å². The molecule has 0 saturated heterocycles. The summed E-state index contributed by atoms with van der Waals surface area (Å²) in [4.78, 5) is 10.7. The Morgan fingerprint density at radius 3 is 2.25 bits per heavy atom. The molecule has 2 nitrogen and oxygen atoms in total. The summed E-state index contributed by atoms with van der Waals surface area (Å²) in [6.07, 6.45) is -0.640. The van der Waals surface area contributed by atoms with Crippen molar-refractivity contribution in [3.63, 3.8) is 0 Å². The van der Waals surface area contributed by atoms with Crippen molar-refractivity contribution in [1.29, 1.82) is 0 Å². The largest absolute Gasteiger partial charge is 0.481 e. The molecule has 0 amide bonds. The zero-order valence-electron chi connectivity index (χ0n) is 6.72. The highest BCUT2D eigenvalue weighted by Gasteiger charge is 2.43. The SMILES string of the molecule is O=C(O)C1(CC(F)F)CCCC1. The lowest BCUT2D eigenvalue weighted by Crippen LogP contribution is -2.29. The second kappa shape index (κ2) is 3.37. The van der Waals surface area contributed by atoms with E-state index in [-0.39, 0.29) is 0 Å². The molecule has 1 aliphatic carbocycles. The first kappa shape index (κ1) is 9.42. The van der Waals surface area contributed by atoms with E-state index in [1.54, 1.807) is 0 Å². The van der Waals surface area contributed by atoms with Crippen molar-refractivity contribution in [3.8, 4) is 0 Å².